The van der Waals surface area contributed by atoms with E-state index in [9.17, 15) is 0 Å². The molecule has 0 aromatic heterocycles. The normalized spacial score (nSPS) is 17.9. The zero-order valence-corrected chi connectivity index (χ0v) is 27.7. The van der Waals surface area contributed by atoms with E-state index in [1.54, 1.807) is 5.56 Å². The van der Waals surface area contributed by atoms with E-state index >= 15 is 0 Å². The van der Waals surface area contributed by atoms with Crippen LogP contribution in [0.15, 0.2) is 109 Å². The summed E-state index contributed by atoms with van der Waals surface area (Å²) < 4.78 is 0. The van der Waals surface area contributed by atoms with Crippen molar-refractivity contribution >= 4 is 53.9 Å². The fourth-order valence-electron chi connectivity index (χ4n) is 10.4. The van der Waals surface area contributed by atoms with Crippen molar-refractivity contribution in [1.82, 2.24) is 0 Å². The molecule has 0 radical (unpaired) electrons. The summed E-state index contributed by atoms with van der Waals surface area (Å²) in [7, 11) is 0. The number of hydrogen-bond donors (Lipinski definition) is 0. The highest BCUT2D eigenvalue weighted by atomic mass is 14.5. The van der Waals surface area contributed by atoms with E-state index in [2.05, 4.69) is 144 Å². The Balaban J connectivity index is 1.27. The van der Waals surface area contributed by atoms with Gasteiger partial charge in [-0.1, -0.05) is 126 Å². The standard InChI is InChI=1S/C47H36/c1-25-21-36-41-28(18-17-27-12-10-16-29(25)40(27)41)22-39-43(36)34-23-38-35(24-37(34)46(39,2)3)44-32-15-9-8-14-31(32)42-30-13-7-6-11-26(30)19-20-33(42)45(44)47(38,4)5/h6-20,22-25H,21H2,1-5H3. The lowest BCUT2D eigenvalue weighted by Crippen LogP contribution is -2.17. The van der Waals surface area contributed by atoms with E-state index in [1.165, 1.54) is 104 Å². The summed E-state index contributed by atoms with van der Waals surface area (Å²) in [5, 5.41) is 13.9. The molecule has 0 N–H and O–H groups in total. The topological polar surface area (TPSA) is 0 Å². The van der Waals surface area contributed by atoms with Gasteiger partial charge in [0.1, 0.15) is 0 Å². The summed E-state index contributed by atoms with van der Waals surface area (Å²) >= 11 is 0. The fraction of sp³-hybridized carbons (Fsp3) is 0.191. The summed E-state index contributed by atoms with van der Waals surface area (Å²) in [6.45, 7) is 12.3. The first-order valence-corrected chi connectivity index (χ1v) is 17.3. The van der Waals surface area contributed by atoms with E-state index in [4.69, 9.17) is 0 Å². The molecule has 0 nitrogen and oxygen atoms in total. The number of fused-ring (bicyclic) bond motifs is 14. The molecular weight excluding hydrogens is 565 g/mol. The van der Waals surface area contributed by atoms with Crippen molar-refractivity contribution in [2.24, 2.45) is 0 Å². The average Bonchev–Trinajstić information content (AvgIpc) is 3.45. The van der Waals surface area contributed by atoms with Crippen molar-refractivity contribution in [2.45, 2.75) is 57.8 Å². The van der Waals surface area contributed by atoms with Gasteiger partial charge in [-0.3, -0.25) is 0 Å². The summed E-state index contributed by atoms with van der Waals surface area (Å²) in [4.78, 5) is 0. The Labute approximate surface area is 275 Å². The molecule has 0 spiro atoms. The molecule has 0 amide bonds. The Morgan fingerprint density at radius 1 is 0.489 bits per heavy atom. The van der Waals surface area contributed by atoms with E-state index in [1.807, 2.05) is 0 Å². The van der Waals surface area contributed by atoms with Gasteiger partial charge in [-0.2, -0.15) is 0 Å². The van der Waals surface area contributed by atoms with Gasteiger partial charge in [-0.05, 0) is 140 Å². The minimum absolute atomic E-state index is 0.0880. The largest absolute Gasteiger partial charge is 0.0616 e. The third kappa shape index (κ3) is 2.98. The van der Waals surface area contributed by atoms with E-state index in [-0.39, 0.29) is 10.8 Å². The van der Waals surface area contributed by atoms with Gasteiger partial charge < -0.3 is 0 Å². The van der Waals surface area contributed by atoms with Crippen LogP contribution in [0.2, 0.25) is 0 Å². The third-order valence-electron chi connectivity index (χ3n) is 12.6. The van der Waals surface area contributed by atoms with Crippen LogP contribution in [0.4, 0.5) is 0 Å². The van der Waals surface area contributed by atoms with Crippen molar-refractivity contribution in [2.75, 3.05) is 0 Å². The van der Waals surface area contributed by atoms with Crippen LogP contribution in [-0.4, -0.2) is 0 Å². The van der Waals surface area contributed by atoms with Crippen molar-refractivity contribution in [3.63, 3.8) is 0 Å². The maximum Gasteiger partial charge on any atom is 0.0165 e. The van der Waals surface area contributed by atoms with Crippen molar-refractivity contribution in [1.29, 1.82) is 0 Å². The molecule has 3 aliphatic carbocycles. The molecule has 0 fully saturated rings. The smallest absolute Gasteiger partial charge is 0.0165 e. The van der Waals surface area contributed by atoms with Gasteiger partial charge in [0.2, 0.25) is 0 Å². The van der Waals surface area contributed by atoms with Crippen LogP contribution in [0, 0.1) is 0 Å². The van der Waals surface area contributed by atoms with Crippen molar-refractivity contribution in [3.05, 3.63) is 143 Å². The molecule has 0 heteroatoms. The SMILES string of the molecule is CC1Cc2c3c(cc4ccc5cccc1c5c24)C(C)(C)c1cc2c(cc1-3)C(C)(C)c1c-2c2ccccc2c2c1ccc1ccccc12. The lowest BCUT2D eigenvalue weighted by Gasteiger charge is -2.28. The van der Waals surface area contributed by atoms with Gasteiger partial charge in [0, 0.05) is 10.8 Å². The Kier molecular flexibility index (Phi) is 4.62. The Morgan fingerprint density at radius 3 is 1.98 bits per heavy atom. The molecule has 0 aliphatic heterocycles. The lowest BCUT2D eigenvalue weighted by atomic mass is 9.75. The summed E-state index contributed by atoms with van der Waals surface area (Å²) in [6.07, 6.45) is 1.09. The average molecular weight is 601 g/mol. The number of hydrogen-bond acceptors (Lipinski definition) is 0. The molecule has 1 atom stereocenters. The second kappa shape index (κ2) is 8.31. The van der Waals surface area contributed by atoms with Crippen LogP contribution >= 0.6 is 0 Å². The first-order valence-electron chi connectivity index (χ1n) is 17.3. The Morgan fingerprint density at radius 2 is 1.15 bits per heavy atom. The van der Waals surface area contributed by atoms with Crippen LogP contribution in [0.5, 0.6) is 0 Å². The quantitative estimate of drug-likeness (QED) is 0.152. The highest BCUT2D eigenvalue weighted by Gasteiger charge is 2.44. The van der Waals surface area contributed by atoms with Gasteiger partial charge in [-0.15, -0.1) is 0 Å². The first kappa shape index (κ1) is 26.2. The van der Waals surface area contributed by atoms with E-state index in [0.29, 0.717) is 5.92 Å². The molecule has 0 saturated heterocycles. The predicted molar refractivity (Wildman–Crippen MR) is 201 cm³/mol. The molecule has 8 aromatic rings. The summed E-state index contributed by atoms with van der Waals surface area (Å²) in [6, 6.07) is 42.2. The molecule has 0 saturated carbocycles. The molecule has 224 valence electrons. The van der Waals surface area contributed by atoms with Gasteiger partial charge in [0.15, 0.2) is 0 Å². The minimum atomic E-state index is -0.140. The fourth-order valence-corrected chi connectivity index (χ4v) is 10.4. The van der Waals surface area contributed by atoms with E-state index < -0.39 is 0 Å². The zero-order chi connectivity index (χ0) is 31.6. The third-order valence-corrected chi connectivity index (χ3v) is 12.6. The molecule has 0 bridgehead atoms. The van der Waals surface area contributed by atoms with Gasteiger partial charge in [0.25, 0.3) is 0 Å². The van der Waals surface area contributed by atoms with Gasteiger partial charge in [0.05, 0.1) is 0 Å². The van der Waals surface area contributed by atoms with E-state index in [0.717, 1.165) is 6.42 Å². The van der Waals surface area contributed by atoms with Crippen LogP contribution in [0.3, 0.4) is 0 Å². The number of benzene rings is 8. The zero-order valence-electron chi connectivity index (χ0n) is 27.7. The summed E-state index contributed by atoms with van der Waals surface area (Å²) in [5.74, 6) is 0.498. The monoisotopic (exact) mass is 600 g/mol. The maximum absolute atomic E-state index is 2.63. The minimum Gasteiger partial charge on any atom is -0.0616 e. The van der Waals surface area contributed by atoms with Crippen LogP contribution in [0.1, 0.15) is 73.9 Å². The van der Waals surface area contributed by atoms with Crippen molar-refractivity contribution in [3.8, 4) is 22.3 Å². The van der Waals surface area contributed by atoms with Crippen molar-refractivity contribution < 1.29 is 0 Å². The predicted octanol–water partition coefficient (Wildman–Crippen LogP) is 12.7. The summed E-state index contributed by atoms with van der Waals surface area (Å²) in [5.41, 5.74) is 14.6. The molecule has 0 heterocycles. The Bertz CT molecular complexity index is 2770. The highest BCUT2D eigenvalue weighted by Crippen LogP contribution is 2.61. The Hall–Kier alpha value is -4.94. The second-order valence-electron chi connectivity index (χ2n) is 15.7. The molecule has 3 aliphatic rings. The molecule has 8 aromatic carbocycles. The molecule has 47 heavy (non-hydrogen) atoms. The van der Waals surface area contributed by atoms with Crippen LogP contribution in [-0.2, 0) is 17.3 Å². The highest BCUT2D eigenvalue weighted by molar-refractivity contribution is 6.26. The molecule has 1 unspecified atom stereocenters. The molecular formula is C47H36. The second-order valence-corrected chi connectivity index (χ2v) is 15.7. The number of rotatable bonds is 0. The van der Waals surface area contributed by atoms with Gasteiger partial charge in [-0.25, -0.2) is 0 Å². The maximum atomic E-state index is 2.63. The van der Waals surface area contributed by atoms with Crippen LogP contribution in [0.25, 0.3) is 76.1 Å². The first-order chi connectivity index (χ1) is 22.7. The molecule has 11 rings (SSSR count). The lowest BCUT2D eigenvalue weighted by molar-refractivity contribution is 0.654. The van der Waals surface area contributed by atoms with Crippen LogP contribution < -0.4 is 0 Å². The van der Waals surface area contributed by atoms with Gasteiger partial charge >= 0.3 is 0 Å².